The molecule has 0 spiro atoms. The Hall–Kier alpha value is -2.64. The number of piperidine rings is 1. The number of alkyl halides is 3. The number of aromatic nitrogens is 2. The molecule has 2 heterocycles. The number of nitrogens with zero attached hydrogens (tertiary/aromatic N) is 3. The molecule has 26 heavy (non-hydrogen) atoms. The summed E-state index contributed by atoms with van der Waals surface area (Å²) in [5.74, 6) is 0.362. The van der Waals surface area contributed by atoms with Crippen LogP contribution in [0.3, 0.4) is 0 Å². The summed E-state index contributed by atoms with van der Waals surface area (Å²) in [4.78, 5) is 22.8. The zero-order valence-corrected chi connectivity index (χ0v) is 14.3. The first kappa shape index (κ1) is 18.2. The monoisotopic (exact) mass is 364 g/mol. The van der Waals surface area contributed by atoms with Crippen LogP contribution in [0.4, 0.5) is 24.8 Å². The van der Waals surface area contributed by atoms with Crippen LogP contribution in [0.25, 0.3) is 0 Å². The molecule has 1 aliphatic rings. The van der Waals surface area contributed by atoms with Crippen molar-refractivity contribution in [3.8, 4) is 0 Å². The van der Waals surface area contributed by atoms with Crippen LogP contribution in [0.2, 0.25) is 0 Å². The van der Waals surface area contributed by atoms with E-state index in [1.165, 1.54) is 30.5 Å². The highest BCUT2D eigenvalue weighted by Crippen LogP contribution is 2.34. The number of benzene rings is 1. The molecule has 5 nitrogen and oxygen atoms in total. The average molecular weight is 364 g/mol. The standard InChI is InChI=1S/C18H19F3N4O/c1-12-7-10-25(11-8-12)17-22-9-6-15(24-17)16(26)23-14-5-3-2-4-13(14)18(19,20)21/h2-6,9,12H,7-8,10-11H2,1H3,(H,23,26). The molecule has 0 saturated carbocycles. The second-order valence-corrected chi connectivity index (χ2v) is 6.41. The fourth-order valence-corrected chi connectivity index (χ4v) is 2.86. The molecule has 1 amide bonds. The quantitative estimate of drug-likeness (QED) is 0.895. The van der Waals surface area contributed by atoms with Gasteiger partial charge in [0.15, 0.2) is 0 Å². The third-order valence-corrected chi connectivity index (χ3v) is 4.42. The summed E-state index contributed by atoms with van der Waals surface area (Å²) in [7, 11) is 0. The Bertz CT molecular complexity index is 786. The molecule has 2 aromatic rings. The number of amides is 1. The van der Waals surface area contributed by atoms with Gasteiger partial charge in [-0.25, -0.2) is 9.97 Å². The zero-order valence-electron chi connectivity index (χ0n) is 14.3. The van der Waals surface area contributed by atoms with Gasteiger partial charge in [0, 0.05) is 19.3 Å². The van der Waals surface area contributed by atoms with Crippen molar-refractivity contribution < 1.29 is 18.0 Å². The predicted octanol–water partition coefficient (Wildman–Crippen LogP) is 3.98. The number of rotatable bonds is 3. The third-order valence-electron chi connectivity index (χ3n) is 4.42. The van der Waals surface area contributed by atoms with Crippen LogP contribution in [0.15, 0.2) is 36.5 Å². The summed E-state index contributed by atoms with van der Waals surface area (Å²) in [6, 6.07) is 6.25. The Kier molecular flexibility index (Phi) is 5.11. The van der Waals surface area contributed by atoms with E-state index < -0.39 is 17.6 Å². The lowest BCUT2D eigenvalue weighted by Gasteiger charge is -2.30. The molecule has 1 fully saturated rings. The number of hydrogen-bond acceptors (Lipinski definition) is 4. The van der Waals surface area contributed by atoms with E-state index in [9.17, 15) is 18.0 Å². The van der Waals surface area contributed by atoms with Crippen LogP contribution in [0, 0.1) is 5.92 Å². The molecule has 1 aromatic heterocycles. The van der Waals surface area contributed by atoms with Gasteiger partial charge in [0.1, 0.15) is 5.69 Å². The highest BCUT2D eigenvalue weighted by molar-refractivity contribution is 6.03. The Morgan fingerprint density at radius 1 is 1.19 bits per heavy atom. The maximum Gasteiger partial charge on any atom is 0.418 e. The van der Waals surface area contributed by atoms with Crippen molar-refractivity contribution in [1.29, 1.82) is 0 Å². The van der Waals surface area contributed by atoms with Gasteiger partial charge in [-0.3, -0.25) is 4.79 Å². The Morgan fingerprint density at radius 2 is 1.88 bits per heavy atom. The molecule has 1 N–H and O–H groups in total. The van der Waals surface area contributed by atoms with Gasteiger partial charge in [-0.15, -0.1) is 0 Å². The summed E-state index contributed by atoms with van der Waals surface area (Å²) in [6.07, 6.45) is -1.08. The molecule has 138 valence electrons. The van der Waals surface area contributed by atoms with Crippen molar-refractivity contribution in [3.05, 3.63) is 47.8 Å². The highest BCUT2D eigenvalue weighted by Gasteiger charge is 2.33. The second kappa shape index (κ2) is 7.31. The van der Waals surface area contributed by atoms with Gasteiger partial charge in [-0.1, -0.05) is 19.1 Å². The molecule has 3 rings (SSSR count). The lowest BCUT2D eigenvalue weighted by atomic mass is 10.00. The number of carbonyl (C=O) groups is 1. The number of hydrogen-bond donors (Lipinski definition) is 1. The minimum absolute atomic E-state index is 0.0330. The Morgan fingerprint density at radius 3 is 2.58 bits per heavy atom. The molecular formula is C18H19F3N4O. The van der Waals surface area contributed by atoms with E-state index in [4.69, 9.17) is 0 Å². The SMILES string of the molecule is CC1CCN(c2nccc(C(=O)Nc3ccccc3C(F)(F)F)n2)CC1. The van der Waals surface area contributed by atoms with E-state index in [1.807, 2.05) is 4.90 Å². The maximum atomic E-state index is 13.1. The van der Waals surface area contributed by atoms with Crippen LogP contribution in [-0.4, -0.2) is 29.0 Å². The molecule has 8 heteroatoms. The number of halogens is 3. The van der Waals surface area contributed by atoms with Gasteiger partial charge in [-0.2, -0.15) is 13.2 Å². The van der Waals surface area contributed by atoms with Gasteiger partial charge >= 0.3 is 6.18 Å². The molecule has 0 bridgehead atoms. The van der Waals surface area contributed by atoms with E-state index in [0.717, 1.165) is 32.0 Å². The van der Waals surface area contributed by atoms with E-state index >= 15 is 0 Å². The van der Waals surface area contributed by atoms with Crippen LogP contribution < -0.4 is 10.2 Å². The van der Waals surface area contributed by atoms with Crippen LogP contribution in [-0.2, 0) is 6.18 Å². The lowest BCUT2D eigenvalue weighted by Crippen LogP contribution is -2.34. The molecule has 1 aliphatic heterocycles. The number of nitrogens with one attached hydrogen (secondary N) is 1. The molecular weight excluding hydrogens is 345 g/mol. The zero-order chi connectivity index (χ0) is 18.7. The fourth-order valence-electron chi connectivity index (χ4n) is 2.86. The van der Waals surface area contributed by atoms with Crippen LogP contribution in [0.1, 0.15) is 35.8 Å². The summed E-state index contributed by atoms with van der Waals surface area (Å²) in [5, 5.41) is 2.30. The first-order valence-corrected chi connectivity index (χ1v) is 8.40. The topological polar surface area (TPSA) is 58.1 Å². The molecule has 0 radical (unpaired) electrons. The third kappa shape index (κ3) is 4.12. The summed E-state index contributed by atoms with van der Waals surface area (Å²) >= 11 is 0. The largest absolute Gasteiger partial charge is 0.418 e. The minimum Gasteiger partial charge on any atom is -0.341 e. The van der Waals surface area contributed by atoms with Crippen molar-refractivity contribution in [3.63, 3.8) is 0 Å². The van der Waals surface area contributed by atoms with Crippen molar-refractivity contribution in [2.45, 2.75) is 25.9 Å². The lowest BCUT2D eigenvalue weighted by molar-refractivity contribution is -0.136. The molecule has 0 aliphatic carbocycles. The predicted molar refractivity (Wildman–Crippen MR) is 92.0 cm³/mol. The number of carbonyl (C=O) groups excluding carboxylic acids is 1. The van der Waals surface area contributed by atoms with E-state index in [0.29, 0.717) is 11.9 Å². The van der Waals surface area contributed by atoms with Crippen molar-refractivity contribution in [2.24, 2.45) is 5.92 Å². The first-order chi connectivity index (χ1) is 12.3. The number of anilines is 2. The number of para-hydroxylation sites is 1. The summed E-state index contributed by atoms with van der Waals surface area (Å²) < 4.78 is 39.2. The molecule has 0 atom stereocenters. The maximum absolute atomic E-state index is 13.1. The van der Waals surface area contributed by atoms with Gasteiger partial charge in [0.2, 0.25) is 5.95 Å². The molecule has 1 saturated heterocycles. The highest BCUT2D eigenvalue weighted by atomic mass is 19.4. The smallest absolute Gasteiger partial charge is 0.341 e. The van der Waals surface area contributed by atoms with Crippen LogP contribution >= 0.6 is 0 Å². The van der Waals surface area contributed by atoms with E-state index in [2.05, 4.69) is 22.2 Å². The minimum atomic E-state index is -4.55. The average Bonchev–Trinajstić information content (AvgIpc) is 2.62. The van der Waals surface area contributed by atoms with Gasteiger partial charge in [0.05, 0.1) is 11.3 Å². The van der Waals surface area contributed by atoms with Crippen LogP contribution in [0.5, 0.6) is 0 Å². The summed E-state index contributed by atoms with van der Waals surface area (Å²) in [5.41, 5.74) is -1.16. The fraction of sp³-hybridized carbons (Fsp3) is 0.389. The first-order valence-electron chi connectivity index (χ1n) is 8.40. The normalized spacial score (nSPS) is 15.8. The van der Waals surface area contributed by atoms with Crippen molar-refractivity contribution in [2.75, 3.05) is 23.3 Å². The Balaban J connectivity index is 1.78. The van der Waals surface area contributed by atoms with E-state index in [-0.39, 0.29) is 11.4 Å². The summed E-state index contributed by atoms with van der Waals surface area (Å²) in [6.45, 7) is 3.77. The molecule has 0 unspecified atom stereocenters. The Labute approximate surface area is 149 Å². The second-order valence-electron chi connectivity index (χ2n) is 6.41. The van der Waals surface area contributed by atoms with Crippen molar-refractivity contribution in [1.82, 2.24) is 9.97 Å². The molecule has 1 aromatic carbocycles. The van der Waals surface area contributed by atoms with Gasteiger partial charge in [0.25, 0.3) is 5.91 Å². The van der Waals surface area contributed by atoms with Gasteiger partial charge in [-0.05, 0) is 37.0 Å². The van der Waals surface area contributed by atoms with E-state index in [1.54, 1.807) is 0 Å². The van der Waals surface area contributed by atoms with Crippen molar-refractivity contribution >= 4 is 17.5 Å². The van der Waals surface area contributed by atoms with Gasteiger partial charge < -0.3 is 10.2 Å².